The van der Waals surface area contributed by atoms with E-state index in [1.165, 1.54) is 23.5 Å². The van der Waals surface area contributed by atoms with Gasteiger partial charge in [-0.15, -0.1) is 17.8 Å². The summed E-state index contributed by atoms with van der Waals surface area (Å²) in [6, 6.07) is 6.05. The molecule has 10 heteroatoms. The first-order valence-electron chi connectivity index (χ1n) is 9.58. The van der Waals surface area contributed by atoms with Crippen LogP contribution in [0.3, 0.4) is 0 Å². The van der Waals surface area contributed by atoms with Gasteiger partial charge in [0.15, 0.2) is 6.61 Å². The molecule has 1 saturated heterocycles. The quantitative estimate of drug-likeness (QED) is 0.653. The number of rotatable bonds is 7. The Kier molecular flexibility index (Phi) is 7.78. The topological polar surface area (TPSA) is 80.8 Å². The molecule has 1 aromatic heterocycles. The van der Waals surface area contributed by atoms with Gasteiger partial charge in [-0.25, -0.2) is 9.78 Å². The average molecular weight is 449 g/mol. The van der Waals surface area contributed by atoms with Gasteiger partial charge < -0.3 is 19.7 Å². The zero-order chi connectivity index (χ0) is 22.2. The Morgan fingerprint density at radius 2 is 2.00 bits per heavy atom. The molecule has 0 atom stereocenters. The number of hydrogen-bond donors (Lipinski definition) is 1. The van der Waals surface area contributed by atoms with Crippen LogP contribution in [0.25, 0.3) is 0 Å². The number of terminal acetylenes is 1. The lowest BCUT2D eigenvalue weighted by molar-refractivity contribution is -0.0498. The van der Waals surface area contributed by atoms with Crippen LogP contribution in [0.5, 0.6) is 5.75 Å². The minimum atomic E-state index is -2.88. The van der Waals surface area contributed by atoms with E-state index in [1.807, 2.05) is 0 Å². The fraction of sp³-hybridized carbons (Fsp3) is 0.381. The standard InChI is InChI=1S/C21H21F2N3O4S/c1-2-11-29-21(28)26-9-7-15(8-10-26)19-25-17(13-31-19)18(27)24-12-14-3-5-16(6-4-14)30-20(22)23/h1,3-6,13,15,20H,7-12H2,(H,24,27). The van der Waals surface area contributed by atoms with Crippen LogP contribution in [0.4, 0.5) is 13.6 Å². The van der Waals surface area contributed by atoms with Crippen molar-refractivity contribution in [3.63, 3.8) is 0 Å². The largest absolute Gasteiger partial charge is 0.436 e. The minimum absolute atomic E-state index is 0.0443. The van der Waals surface area contributed by atoms with Gasteiger partial charge >= 0.3 is 12.7 Å². The van der Waals surface area contributed by atoms with Gasteiger partial charge in [0.25, 0.3) is 5.91 Å². The minimum Gasteiger partial charge on any atom is -0.436 e. The fourth-order valence-corrected chi connectivity index (χ4v) is 4.12. The summed E-state index contributed by atoms with van der Waals surface area (Å²) < 4.78 is 33.6. The number of carbonyl (C=O) groups is 2. The number of thiazole rings is 1. The van der Waals surface area contributed by atoms with E-state index in [-0.39, 0.29) is 30.7 Å². The molecule has 2 amide bonds. The Bertz CT molecular complexity index is 935. The van der Waals surface area contributed by atoms with Crippen LogP contribution in [0.1, 0.15) is 39.8 Å². The predicted molar refractivity (Wildman–Crippen MR) is 110 cm³/mol. The molecule has 2 heterocycles. The Labute approximate surface area is 182 Å². The van der Waals surface area contributed by atoms with Gasteiger partial charge in [-0.3, -0.25) is 4.79 Å². The average Bonchev–Trinajstić information content (AvgIpc) is 3.27. The monoisotopic (exact) mass is 449 g/mol. The van der Waals surface area contributed by atoms with Crippen molar-refractivity contribution in [1.29, 1.82) is 0 Å². The molecule has 0 radical (unpaired) electrons. The third-order valence-electron chi connectivity index (χ3n) is 4.74. The number of benzene rings is 1. The van der Waals surface area contributed by atoms with Crippen molar-refractivity contribution < 1.29 is 27.8 Å². The van der Waals surface area contributed by atoms with Gasteiger partial charge in [0.05, 0.1) is 5.01 Å². The molecule has 1 aromatic carbocycles. The molecule has 1 fully saturated rings. The number of ether oxygens (including phenoxy) is 2. The van der Waals surface area contributed by atoms with Crippen molar-refractivity contribution >= 4 is 23.3 Å². The van der Waals surface area contributed by atoms with Gasteiger partial charge in [0.1, 0.15) is 11.4 Å². The van der Waals surface area contributed by atoms with Crippen molar-refractivity contribution in [2.75, 3.05) is 19.7 Å². The van der Waals surface area contributed by atoms with Crippen molar-refractivity contribution in [3.8, 4) is 18.1 Å². The summed E-state index contributed by atoms with van der Waals surface area (Å²) >= 11 is 1.42. The van der Waals surface area contributed by atoms with E-state index in [1.54, 1.807) is 22.4 Å². The first-order chi connectivity index (χ1) is 15.0. The maximum Gasteiger partial charge on any atom is 0.410 e. The Morgan fingerprint density at radius 1 is 1.29 bits per heavy atom. The second-order valence-electron chi connectivity index (χ2n) is 6.80. The zero-order valence-electron chi connectivity index (χ0n) is 16.6. The highest BCUT2D eigenvalue weighted by molar-refractivity contribution is 7.09. The number of hydrogen-bond acceptors (Lipinski definition) is 6. The number of likely N-dealkylation sites (tertiary alicyclic amines) is 1. The number of aromatic nitrogens is 1. The Morgan fingerprint density at radius 3 is 2.65 bits per heavy atom. The summed E-state index contributed by atoms with van der Waals surface area (Å²) in [4.78, 5) is 30.3. The van der Waals surface area contributed by atoms with E-state index in [2.05, 4.69) is 21.0 Å². The van der Waals surface area contributed by atoms with Crippen LogP contribution in [-0.4, -0.2) is 48.2 Å². The molecule has 0 unspecified atom stereocenters. The predicted octanol–water partition coefficient (Wildman–Crippen LogP) is 3.62. The second kappa shape index (κ2) is 10.7. The van der Waals surface area contributed by atoms with Crippen LogP contribution in [-0.2, 0) is 11.3 Å². The van der Waals surface area contributed by atoms with E-state index in [4.69, 9.17) is 11.2 Å². The van der Waals surface area contributed by atoms with Gasteiger partial charge in [0, 0.05) is 30.9 Å². The van der Waals surface area contributed by atoms with Crippen molar-refractivity contribution in [2.24, 2.45) is 0 Å². The van der Waals surface area contributed by atoms with E-state index in [0.29, 0.717) is 18.8 Å². The van der Waals surface area contributed by atoms with Crippen LogP contribution in [0.15, 0.2) is 29.6 Å². The summed E-state index contributed by atoms with van der Waals surface area (Å²) in [6.07, 6.45) is 6.14. The lowest BCUT2D eigenvalue weighted by Gasteiger charge is -2.30. The molecule has 2 aromatic rings. The van der Waals surface area contributed by atoms with E-state index in [0.717, 1.165) is 23.4 Å². The highest BCUT2D eigenvalue weighted by atomic mass is 32.1. The number of amides is 2. The molecule has 31 heavy (non-hydrogen) atoms. The first kappa shape index (κ1) is 22.5. The van der Waals surface area contributed by atoms with Crippen LogP contribution >= 0.6 is 11.3 Å². The lowest BCUT2D eigenvalue weighted by Crippen LogP contribution is -2.38. The molecule has 0 spiro atoms. The third-order valence-corrected chi connectivity index (χ3v) is 5.74. The van der Waals surface area contributed by atoms with E-state index < -0.39 is 12.7 Å². The maximum atomic E-state index is 12.4. The second-order valence-corrected chi connectivity index (χ2v) is 7.69. The first-order valence-corrected chi connectivity index (χ1v) is 10.5. The summed E-state index contributed by atoms with van der Waals surface area (Å²) in [7, 11) is 0. The molecule has 3 rings (SSSR count). The smallest absolute Gasteiger partial charge is 0.410 e. The molecule has 1 N–H and O–H groups in total. The van der Waals surface area contributed by atoms with Crippen LogP contribution in [0.2, 0.25) is 0 Å². The molecule has 0 saturated carbocycles. The van der Waals surface area contributed by atoms with Crippen LogP contribution < -0.4 is 10.1 Å². The maximum absolute atomic E-state index is 12.4. The number of nitrogens with one attached hydrogen (secondary N) is 1. The molecule has 1 aliphatic rings. The number of halogens is 2. The molecule has 7 nitrogen and oxygen atoms in total. The van der Waals surface area contributed by atoms with E-state index >= 15 is 0 Å². The Balaban J connectivity index is 1.47. The van der Waals surface area contributed by atoms with Crippen LogP contribution in [0, 0.1) is 12.3 Å². The summed E-state index contributed by atoms with van der Waals surface area (Å²) in [5.74, 6) is 2.18. The summed E-state index contributed by atoms with van der Waals surface area (Å²) in [6.45, 7) is -1.60. The van der Waals surface area contributed by atoms with Crippen molar-refractivity contribution in [2.45, 2.75) is 31.9 Å². The van der Waals surface area contributed by atoms with Gasteiger partial charge in [-0.05, 0) is 30.5 Å². The lowest BCUT2D eigenvalue weighted by atomic mass is 9.98. The molecular formula is C21H21F2N3O4S. The molecule has 0 bridgehead atoms. The highest BCUT2D eigenvalue weighted by Gasteiger charge is 2.27. The van der Waals surface area contributed by atoms with Crippen molar-refractivity contribution in [3.05, 3.63) is 45.9 Å². The van der Waals surface area contributed by atoms with E-state index in [9.17, 15) is 18.4 Å². The Hall–Kier alpha value is -3.19. The SMILES string of the molecule is C#CCOC(=O)N1CCC(c2nc(C(=O)NCc3ccc(OC(F)F)cc3)cs2)CC1. The summed E-state index contributed by atoms with van der Waals surface area (Å²) in [5.41, 5.74) is 1.07. The number of nitrogens with zero attached hydrogens (tertiary/aromatic N) is 2. The third kappa shape index (κ3) is 6.39. The normalized spacial score (nSPS) is 14.2. The number of piperidine rings is 1. The molecule has 0 aliphatic carbocycles. The van der Waals surface area contributed by atoms with Gasteiger partial charge in [-0.1, -0.05) is 18.1 Å². The molecule has 1 aliphatic heterocycles. The molecule has 164 valence electrons. The van der Waals surface area contributed by atoms with Gasteiger partial charge in [0.2, 0.25) is 0 Å². The number of carbonyl (C=O) groups excluding carboxylic acids is 2. The zero-order valence-corrected chi connectivity index (χ0v) is 17.4. The number of alkyl halides is 2. The fourth-order valence-electron chi connectivity index (χ4n) is 3.14. The summed E-state index contributed by atoms with van der Waals surface area (Å²) in [5, 5.41) is 5.33. The molecular weight excluding hydrogens is 428 g/mol. The highest BCUT2D eigenvalue weighted by Crippen LogP contribution is 2.30. The van der Waals surface area contributed by atoms with Gasteiger partial charge in [-0.2, -0.15) is 8.78 Å². The van der Waals surface area contributed by atoms with Crippen molar-refractivity contribution in [1.82, 2.24) is 15.2 Å².